The molecule has 0 aromatic carbocycles. The van der Waals surface area contributed by atoms with Gasteiger partial charge >= 0.3 is 0 Å². The molecule has 2 aliphatic rings. The van der Waals surface area contributed by atoms with Crippen molar-refractivity contribution in [3.63, 3.8) is 0 Å². The Bertz CT molecular complexity index is 219. The number of nitrogens with zero attached hydrogens (tertiary/aromatic N) is 1. The minimum atomic E-state index is -0.106. The summed E-state index contributed by atoms with van der Waals surface area (Å²) in [5, 5.41) is 6.33. The standard InChI is InChI=1S/C9H17N3O/c1-2-12-5-3-4-9(7-12)10-6-8(13)11-9/h10H,2-7H2,1H3,(H,11,13). The van der Waals surface area contributed by atoms with E-state index in [1.54, 1.807) is 0 Å². The lowest BCUT2D eigenvalue weighted by Crippen LogP contribution is -2.60. The highest BCUT2D eigenvalue weighted by molar-refractivity contribution is 5.81. The summed E-state index contributed by atoms with van der Waals surface area (Å²) < 4.78 is 0. The van der Waals surface area contributed by atoms with Crippen LogP contribution in [0.4, 0.5) is 0 Å². The summed E-state index contributed by atoms with van der Waals surface area (Å²) >= 11 is 0. The second-order valence-electron chi connectivity index (χ2n) is 3.96. The molecule has 4 heteroatoms. The Kier molecular flexibility index (Phi) is 2.26. The third-order valence-electron chi connectivity index (χ3n) is 2.98. The van der Waals surface area contributed by atoms with Crippen molar-refractivity contribution in [2.45, 2.75) is 25.4 Å². The first kappa shape index (κ1) is 8.97. The molecule has 2 heterocycles. The van der Waals surface area contributed by atoms with Crippen LogP contribution in [0, 0.1) is 0 Å². The fraction of sp³-hybridized carbons (Fsp3) is 0.889. The molecule has 4 nitrogen and oxygen atoms in total. The van der Waals surface area contributed by atoms with Gasteiger partial charge in [0.15, 0.2) is 0 Å². The Balaban J connectivity index is 2.02. The van der Waals surface area contributed by atoms with E-state index in [9.17, 15) is 4.79 Å². The predicted octanol–water partition coefficient (Wildman–Crippen LogP) is -0.482. The fourth-order valence-corrected chi connectivity index (χ4v) is 2.27. The molecular formula is C9H17N3O. The van der Waals surface area contributed by atoms with Crippen LogP contribution in [0.5, 0.6) is 0 Å². The highest BCUT2D eigenvalue weighted by Gasteiger charge is 2.40. The number of hydrogen-bond acceptors (Lipinski definition) is 3. The summed E-state index contributed by atoms with van der Waals surface area (Å²) in [4.78, 5) is 13.5. The van der Waals surface area contributed by atoms with E-state index in [4.69, 9.17) is 0 Å². The summed E-state index contributed by atoms with van der Waals surface area (Å²) in [5.74, 6) is 0.137. The van der Waals surface area contributed by atoms with E-state index in [0.29, 0.717) is 6.54 Å². The summed E-state index contributed by atoms with van der Waals surface area (Å²) in [5.41, 5.74) is -0.106. The van der Waals surface area contributed by atoms with Crippen LogP contribution >= 0.6 is 0 Å². The highest BCUT2D eigenvalue weighted by Crippen LogP contribution is 2.20. The Morgan fingerprint density at radius 3 is 3.08 bits per heavy atom. The average Bonchev–Trinajstić information content (AvgIpc) is 2.47. The number of carbonyl (C=O) groups is 1. The first-order valence-corrected chi connectivity index (χ1v) is 5.02. The van der Waals surface area contributed by atoms with Crippen molar-refractivity contribution in [3.8, 4) is 0 Å². The maximum Gasteiger partial charge on any atom is 0.235 e. The zero-order valence-corrected chi connectivity index (χ0v) is 8.10. The number of carbonyl (C=O) groups excluding carboxylic acids is 1. The molecule has 0 aromatic heterocycles. The van der Waals surface area contributed by atoms with E-state index in [2.05, 4.69) is 22.5 Å². The maximum absolute atomic E-state index is 11.1. The first-order valence-electron chi connectivity index (χ1n) is 5.02. The second-order valence-corrected chi connectivity index (χ2v) is 3.96. The summed E-state index contributed by atoms with van der Waals surface area (Å²) in [6.45, 7) is 5.83. The number of rotatable bonds is 1. The van der Waals surface area contributed by atoms with Crippen LogP contribution < -0.4 is 10.6 Å². The highest BCUT2D eigenvalue weighted by atomic mass is 16.2. The van der Waals surface area contributed by atoms with Gasteiger partial charge in [0.1, 0.15) is 5.66 Å². The van der Waals surface area contributed by atoms with E-state index in [1.165, 1.54) is 6.42 Å². The topological polar surface area (TPSA) is 44.4 Å². The Morgan fingerprint density at radius 1 is 1.62 bits per heavy atom. The molecule has 1 atom stereocenters. The summed E-state index contributed by atoms with van der Waals surface area (Å²) in [6, 6.07) is 0. The fourth-order valence-electron chi connectivity index (χ4n) is 2.27. The monoisotopic (exact) mass is 183 g/mol. The number of nitrogens with one attached hydrogen (secondary N) is 2. The van der Waals surface area contributed by atoms with E-state index in [-0.39, 0.29) is 11.6 Å². The molecule has 1 spiro atoms. The van der Waals surface area contributed by atoms with Crippen LogP contribution in [0.2, 0.25) is 0 Å². The molecule has 74 valence electrons. The summed E-state index contributed by atoms with van der Waals surface area (Å²) in [6.07, 6.45) is 2.23. The van der Waals surface area contributed by atoms with Crippen LogP contribution in [0.25, 0.3) is 0 Å². The van der Waals surface area contributed by atoms with Gasteiger partial charge in [-0.15, -0.1) is 0 Å². The Morgan fingerprint density at radius 2 is 2.46 bits per heavy atom. The lowest BCUT2D eigenvalue weighted by molar-refractivity contribution is -0.119. The van der Waals surface area contributed by atoms with Gasteiger partial charge in [-0.1, -0.05) is 6.92 Å². The largest absolute Gasteiger partial charge is 0.336 e. The number of hydrogen-bond donors (Lipinski definition) is 2. The van der Waals surface area contributed by atoms with Crippen molar-refractivity contribution in [1.29, 1.82) is 0 Å². The van der Waals surface area contributed by atoms with E-state index in [1.807, 2.05) is 0 Å². The van der Waals surface area contributed by atoms with Crippen molar-refractivity contribution in [3.05, 3.63) is 0 Å². The van der Waals surface area contributed by atoms with Gasteiger partial charge in [0, 0.05) is 6.54 Å². The van der Waals surface area contributed by atoms with Crippen LogP contribution in [0.1, 0.15) is 19.8 Å². The third-order valence-corrected chi connectivity index (χ3v) is 2.98. The average molecular weight is 183 g/mol. The van der Waals surface area contributed by atoms with Crippen LogP contribution in [0.15, 0.2) is 0 Å². The Hall–Kier alpha value is -0.610. The lowest BCUT2D eigenvalue weighted by Gasteiger charge is -2.39. The van der Waals surface area contributed by atoms with Gasteiger partial charge < -0.3 is 5.32 Å². The lowest BCUT2D eigenvalue weighted by atomic mass is 9.99. The molecule has 0 aromatic rings. The van der Waals surface area contributed by atoms with Crippen molar-refractivity contribution >= 4 is 5.91 Å². The van der Waals surface area contributed by atoms with Gasteiger partial charge in [0.25, 0.3) is 0 Å². The number of likely N-dealkylation sites (tertiary alicyclic amines) is 1. The molecule has 0 bridgehead atoms. The van der Waals surface area contributed by atoms with Crippen LogP contribution in [-0.2, 0) is 4.79 Å². The van der Waals surface area contributed by atoms with Gasteiger partial charge in [-0.2, -0.15) is 0 Å². The molecule has 1 amide bonds. The van der Waals surface area contributed by atoms with Gasteiger partial charge in [0.05, 0.1) is 6.54 Å². The zero-order valence-electron chi connectivity index (χ0n) is 8.10. The number of likely N-dealkylation sites (N-methyl/N-ethyl adjacent to an activating group) is 1. The normalized spacial score (nSPS) is 35.3. The molecular weight excluding hydrogens is 166 g/mol. The molecule has 1 unspecified atom stereocenters. The molecule has 2 aliphatic heterocycles. The molecule has 0 saturated carbocycles. The van der Waals surface area contributed by atoms with Crippen LogP contribution in [0.3, 0.4) is 0 Å². The minimum Gasteiger partial charge on any atom is -0.336 e. The first-order chi connectivity index (χ1) is 6.24. The quantitative estimate of drug-likeness (QED) is 0.577. The molecule has 0 radical (unpaired) electrons. The molecule has 2 N–H and O–H groups in total. The molecule has 2 fully saturated rings. The summed E-state index contributed by atoms with van der Waals surface area (Å²) in [7, 11) is 0. The van der Waals surface area contributed by atoms with E-state index >= 15 is 0 Å². The second kappa shape index (κ2) is 3.27. The molecule has 2 rings (SSSR count). The molecule has 2 saturated heterocycles. The van der Waals surface area contributed by atoms with Gasteiger partial charge in [-0.3, -0.25) is 15.0 Å². The Labute approximate surface area is 78.7 Å². The van der Waals surface area contributed by atoms with Crippen molar-refractivity contribution < 1.29 is 4.79 Å². The van der Waals surface area contributed by atoms with E-state index in [0.717, 1.165) is 26.1 Å². The SMILES string of the molecule is CCN1CCCC2(C1)NCC(=O)N2. The van der Waals surface area contributed by atoms with Gasteiger partial charge in [0.2, 0.25) is 5.91 Å². The van der Waals surface area contributed by atoms with Gasteiger partial charge in [-0.05, 0) is 25.9 Å². The smallest absolute Gasteiger partial charge is 0.235 e. The van der Waals surface area contributed by atoms with E-state index < -0.39 is 0 Å². The third kappa shape index (κ3) is 1.69. The molecule has 13 heavy (non-hydrogen) atoms. The number of amides is 1. The van der Waals surface area contributed by atoms with Crippen LogP contribution in [-0.4, -0.2) is 42.6 Å². The van der Waals surface area contributed by atoms with Gasteiger partial charge in [-0.25, -0.2) is 0 Å². The minimum absolute atomic E-state index is 0.106. The van der Waals surface area contributed by atoms with Crippen molar-refractivity contribution in [2.75, 3.05) is 26.2 Å². The predicted molar refractivity (Wildman–Crippen MR) is 50.2 cm³/mol. The van der Waals surface area contributed by atoms with Crippen molar-refractivity contribution in [2.24, 2.45) is 0 Å². The zero-order chi connectivity index (χ0) is 9.31. The van der Waals surface area contributed by atoms with Crippen molar-refractivity contribution in [1.82, 2.24) is 15.5 Å². The number of piperidine rings is 1. The maximum atomic E-state index is 11.1. The molecule has 0 aliphatic carbocycles.